The van der Waals surface area contributed by atoms with E-state index in [-0.39, 0.29) is 53.6 Å². The normalized spacial score (nSPS) is 25.3. The number of hydrogen-bond acceptors (Lipinski definition) is 6. The van der Waals surface area contributed by atoms with E-state index in [2.05, 4.69) is 0 Å². The molecule has 3 heterocycles. The van der Waals surface area contributed by atoms with Crippen molar-refractivity contribution in [1.29, 1.82) is 0 Å². The number of rotatable bonds is 4. The molecule has 154 valence electrons. The molecule has 31 heavy (non-hydrogen) atoms. The van der Waals surface area contributed by atoms with Crippen molar-refractivity contribution in [3.05, 3.63) is 53.2 Å². The molecule has 0 aromatic heterocycles. The number of aliphatic hydroxyl groups excluding tert-OH is 1. The average molecular weight is 446 g/mol. The number of fused-ring (bicyclic) bond motifs is 1. The third-order valence-electron chi connectivity index (χ3n) is 6.35. The van der Waals surface area contributed by atoms with Crippen molar-refractivity contribution in [1.82, 2.24) is 9.21 Å². The predicted molar refractivity (Wildman–Crippen MR) is 108 cm³/mol. The molecule has 3 aliphatic rings. The molecule has 1 fully saturated rings. The van der Waals surface area contributed by atoms with E-state index in [1.165, 1.54) is 23.8 Å². The van der Waals surface area contributed by atoms with Gasteiger partial charge in [-0.3, -0.25) is 13.9 Å². The first-order chi connectivity index (χ1) is 14.3. The molecule has 0 saturated carbocycles. The first-order valence-electron chi connectivity index (χ1n) is 9.78. The summed E-state index contributed by atoms with van der Waals surface area (Å²) in [4.78, 5) is 39.7. The van der Waals surface area contributed by atoms with E-state index in [1.54, 1.807) is 10.4 Å². The molecule has 0 bridgehead atoms. The van der Waals surface area contributed by atoms with Crippen LogP contribution in [-0.4, -0.2) is 50.8 Å². The second-order valence-corrected chi connectivity index (χ2v) is 9.07. The van der Waals surface area contributed by atoms with E-state index in [0.29, 0.717) is 11.1 Å². The number of carbonyl (C=O) groups is 3. The zero-order valence-corrected chi connectivity index (χ0v) is 20.2. The summed E-state index contributed by atoms with van der Waals surface area (Å²) in [6, 6.07) is 10.9. The van der Waals surface area contributed by atoms with Gasteiger partial charge in [0.2, 0.25) is 5.91 Å². The fourth-order valence-electron chi connectivity index (χ4n) is 4.96. The summed E-state index contributed by atoms with van der Waals surface area (Å²) in [5, 5.41) is 23.8. The van der Waals surface area contributed by atoms with Crippen LogP contribution >= 0.6 is 11.9 Å². The fourth-order valence-corrected chi connectivity index (χ4v) is 6.04. The quantitative estimate of drug-likeness (QED) is 0.337. The summed E-state index contributed by atoms with van der Waals surface area (Å²) in [7, 11) is 0. The molecule has 0 aliphatic carbocycles. The molecule has 0 radical (unpaired) electrons. The summed E-state index contributed by atoms with van der Waals surface area (Å²) >= 11 is 1.27. The number of hydrogen-bond donors (Lipinski definition) is 1. The number of benzene rings is 2. The summed E-state index contributed by atoms with van der Waals surface area (Å²) in [5.74, 6) is -3.01. The molecule has 9 heteroatoms. The van der Waals surface area contributed by atoms with Crippen molar-refractivity contribution in [2.45, 2.75) is 30.9 Å². The molecule has 5 rings (SSSR count). The molecule has 0 spiro atoms. The molecule has 1 saturated heterocycles. The van der Waals surface area contributed by atoms with Crippen molar-refractivity contribution in [3.63, 3.8) is 0 Å². The Morgan fingerprint density at radius 1 is 1.23 bits per heavy atom. The van der Waals surface area contributed by atoms with Gasteiger partial charge in [-0.25, -0.2) is 0 Å². The van der Waals surface area contributed by atoms with Gasteiger partial charge < -0.3 is 19.9 Å². The first-order valence-corrected chi connectivity index (χ1v) is 10.6. The largest absolute Gasteiger partial charge is 1.00 e. The van der Waals surface area contributed by atoms with Gasteiger partial charge in [-0.05, 0) is 42.0 Å². The molecule has 2 aromatic carbocycles. The van der Waals surface area contributed by atoms with Crippen LogP contribution in [0.2, 0.25) is 0 Å². The predicted octanol–water partition coefficient (Wildman–Crippen LogP) is -1.83. The Hall–Kier alpha value is -1.84. The van der Waals surface area contributed by atoms with Crippen molar-refractivity contribution < 1.29 is 54.2 Å². The second-order valence-electron chi connectivity index (χ2n) is 8.01. The monoisotopic (exact) mass is 446 g/mol. The molecular formula is C22H19N2NaO5S. The van der Waals surface area contributed by atoms with Gasteiger partial charge in [0.1, 0.15) is 0 Å². The van der Waals surface area contributed by atoms with Crippen LogP contribution in [0.5, 0.6) is 0 Å². The van der Waals surface area contributed by atoms with Gasteiger partial charge in [-0.1, -0.05) is 31.2 Å². The maximum Gasteiger partial charge on any atom is 1.00 e. The molecule has 4 atom stereocenters. The SMILES string of the molecule is CC(O)C1C(=O)N2C(C(=O)[O-])=C(CN3Sc4cccc5cccc(c45)C3=O)C(C)C12.[Na+]. The van der Waals surface area contributed by atoms with Crippen molar-refractivity contribution in [2.24, 2.45) is 11.8 Å². The summed E-state index contributed by atoms with van der Waals surface area (Å²) in [6.07, 6.45) is -0.876. The Kier molecular flexibility index (Phi) is 5.72. The third-order valence-corrected chi connectivity index (χ3v) is 7.41. The standard InChI is InChI=1S/C22H20N2O5S.Na/c1-10-14(19(22(28)29)24-18(10)16(11(2)25)21(24)27)9-23-20(26)13-7-3-5-12-6-4-8-15(30-23)17(12)13;/h3-8,10-11,16,18,25H,9H2,1-2H3,(H,28,29);/q;+1/p-1. The van der Waals surface area contributed by atoms with E-state index >= 15 is 0 Å². The minimum absolute atomic E-state index is 0. The number of nitrogens with zero attached hydrogens (tertiary/aromatic N) is 2. The molecule has 7 nitrogen and oxygen atoms in total. The number of amides is 2. The average Bonchev–Trinajstić information content (AvgIpc) is 2.94. The Morgan fingerprint density at radius 2 is 1.90 bits per heavy atom. The molecule has 3 aliphatic heterocycles. The summed E-state index contributed by atoms with van der Waals surface area (Å²) < 4.78 is 1.54. The molecule has 1 N–H and O–H groups in total. The van der Waals surface area contributed by atoms with Crippen molar-refractivity contribution in [3.8, 4) is 0 Å². The number of carboxylic acids is 1. The van der Waals surface area contributed by atoms with E-state index in [1.807, 2.05) is 37.3 Å². The molecule has 4 unspecified atom stereocenters. The molecule has 2 amide bonds. The second kappa shape index (κ2) is 7.94. The summed E-state index contributed by atoms with van der Waals surface area (Å²) in [6.45, 7) is 3.43. The van der Waals surface area contributed by atoms with E-state index < -0.39 is 29.9 Å². The van der Waals surface area contributed by atoms with E-state index in [4.69, 9.17) is 0 Å². The van der Waals surface area contributed by atoms with E-state index in [9.17, 15) is 24.6 Å². The van der Waals surface area contributed by atoms with Crippen molar-refractivity contribution >= 4 is 40.5 Å². The Morgan fingerprint density at radius 3 is 2.55 bits per heavy atom. The van der Waals surface area contributed by atoms with Crippen LogP contribution in [0.4, 0.5) is 0 Å². The number of carboxylic acid groups (broad SMARTS) is 1. The van der Waals surface area contributed by atoms with Crippen LogP contribution in [0.25, 0.3) is 10.8 Å². The first kappa shape index (κ1) is 22.4. The minimum atomic E-state index is -1.44. The Bertz CT molecular complexity index is 1160. The van der Waals surface area contributed by atoms with Gasteiger partial charge in [0.05, 0.1) is 36.3 Å². The smallest absolute Gasteiger partial charge is 0.543 e. The van der Waals surface area contributed by atoms with Gasteiger partial charge in [0.15, 0.2) is 0 Å². The van der Waals surface area contributed by atoms with Crippen molar-refractivity contribution in [2.75, 3.05) is 6.54 Å². The summed E-state index contributed by atoms with van der Waals surface area (Å²) in [5.41, 5.74) is 0.882. The van der Waals surface area contributed by atoms with Crippen LogP contribution in [0.15, 0.2) is 52.6 Å². The van der Waals surface area contributed by atoms with E-state index in [0.717, 1.165) is 15.7 Å². The Balaban J connectivity index is 0.00000231. The maximum absolute atomic E-state index is 13.2. The van der Waals surface area contributed by atoms with Gasteiger partial charge in [0.25, 0.3) is 5.91 Å². The maximum atomic E-state index is 13.2. The zero-order valence-electron chi connectivity index (χ0n) is 17.4. The molecule has 2 aromatic rings. The van der Waals surface area contributed by atoms with Gasteiger partial charge >= 0.3 is 29.6 Å². The number of carbonyl (C=O) groups excluding carboxylic acids is 3. The number of aliphatic hydroxyl groups is 1. The Labute approximate surface area is 205 Å². The van der Waals surface area contributed by atoms with Gasteiger partial charge in [-0.15, -0.1) is 0 Å². The van der Waals surface area contributed by atoms with Crippen LogP contribution in [0.1, 0.15) is 24.2 Å². The molecular weight excluding hydrogens is 427 g/mol. The van der Waals surface area contributed by atoms with Gasteiger partial charge in [0, 0.05) is 21.8 Å². The van der Waals surface area contributed by atoms with Crippen LogP contribution in [0.3, 0.4) is 0 Å². The number of β-lactam (4-membered cyclic amide) rings is 1. The van der Waals surface area contributed by atoms with Gasteiger partial charge in [-0.2, -0.15) is 0 Å². The number of aliphatic carboxylic acids is 1. The van der Waals surface area contributed by atoms with Crippen LogP contribution < -0.4 is 34.7 Å². The fraction of sp³-hybridized carbons (Fsp3) is 0.318. The van der Waals surface area contributed by atoms with Crippen LogP contribution in [0, 0.1) is 11.8 Å². The topological polar surface area (TPSA) is 101 Å². The minimum Gasteiger partial charge on any atom is -0.543 e. The third kappa shape index (κ3) is 3.15. The zero-order chi connectivity index (χ0) is 21.3. The van der Waals surface area contributed by atoms with Crippen LogP contribution in [-0.2, 0) is 9.59 Å².